The van der Waals surface area contributed by atoms with Gasteiger partial charge in [-0.1, -0.05) is 6.92 Å². The Morgan fingerprint density at radius 3 is 2.33 bits per heavy atom. The van der Waals surface area contributed by atoms with Gasteiger partial charge in [-0.25, -0.2) is 4.72 Å². The van der Waals surface area contributed by atoms with E-state index in [1.165, 1.54) is 11.4 Å². The van der Waals surface area contributed by atoms with Crippen LogP contribution in [-0.2, 0) is 10.2 Å². The van der Waals surface area contributed by atoms with Gasteiger partial charge in [-0.15, -0.1) is 0 Å². The summed E-state index contributed by atoms with van der Waals surface area (Å²) in [6.07, 6.45) is 0.737. The van der Waals surface area contributed by atoms with Gasteiger partial charge in [0.2, 0.25) is 0 Å². The van der Waals surface area contributed by atoms with Crippen LogP contribution in [0.15, 0.2) is 0 Å². The van der Waals surface area contributed by atoms with Gasteiger partial charge in [-0.2, -0.15) is 12.7 Å². The Bertz CT molecular complexity index is 197. The Morgan fingerprint density at radius 2 is 2.00 bits per heavy atom. The minimum absolute atomic E-state index is 0.150. The maximum absolute atomic E-state index is 11.2. The second kappa shape index (κ2) is 5.47. The van der Waals surface area contributed by atoms with Gasteiger partial charge in [0.25, 0.3) is 10.2 Å². The molecule has 2 N–H and O–H groups in total. The van der Waals surface area contributed by atoms with Crippen molar-refractivity contribution in [2.75, 3.05) is 26.7 Å². The predicted octanol–water partition coefficient (Wildman–Crippen LogP) is -0.845. The first-order valence-corrected chi connectivity index (χ1v) is 5.32. The van der Waals surface area contributed by atoms with Crippen molar-refractivity contribution in [1.29, 1.82) is 0 Å². The van der Waals surface area contributed by atoms with Gasteiger partial charge in [-0.3, -0.25) is 0 Å². The predicted molar refractivity (Wildman–Crippen MR) is 46.9 cm³/mol. The number of nitrogens with one attached hydrogen (secondary N) is 1. The highest BCUT2D eigenvalue weighted by molar-refractivity contribution is 7.87. The minimum atomic E-state index is -3.36. The maximum atomic E-state index is 11.2. The first-order chi connectivity index (χ1) is 5.58. The minimum Gasteiger partial charge on any atom is -0.395 e. The van der Waals surface area contributed by atoms with E-state index in [1.807, 2.05) is 6.92 Å². The van der Waals surface area contributed by atoms with Crippen molar-refractivity contribution in [1.82, 2.24) is 9.03 Å². The van der Waals surface area contributed by atoms with E-state index in [0.717, 1.165) is 6.42 Å². The largest absolute Gasteiger partial charge is 0.395 e. The summed E-state index contributed by atoms with van der Waals surface area (Å²) in [6, 6.07) is 0. The van der Waals surface area contributed by atoms with Gasteiger partial charge in [0.15, 0.2) is 0 Å². The summed E-state index contributed by atoms with van der Waals surface area (Å²) >= 11 is 0. The molecule has 0 bridgehead atoms. The van der Waals surface area contributed by atoms with E-state index < -0.39 is 10.2 Å². The van der Waals surface area contributed by atoms with E-state index in [9.17, 15) is 8.42 Å². The molecule has 0 rings (SSSR count). The van der Waals surface area contributed by atoms with Gasteiger partial charge in [0.05, 0.1) is 6.61 Å². The summed E-state index contributed by atoms with van der Waals surface area (Å²) in [6.45, 7) is 2.32. The molecule has 0 radical (unpaired) electrons. The van der Waals surface area contributed by atoms with Gasteiger partial charge in [-0.05, 0) is 6.42 Å². The fourth-order valence-corrected chi connectivity index (χ4v) is 1.85. The number of aliphatic hydroxyl groups excluding tert-OH is 1. The number of hydrogen-bond acceptors (Lipinski definition) is 3. The molecule has 74 valence electrons. The highest BCUT2D eigenvalue weighted by Crippen LogP contribution is 1.97. The molecule has 0 aliphatic carbocycles. The summed E-state index contributed by atoms with van der Waals surface area (Å²) < 4.78 is 25.8. The quantitative estimate of drug-likeness (QED) is 0.581. The molecule has 0 saturated carbocycles. The van der Waals surface area contributed by atoms with Crippen LogP contribution in [0.4, 0.5) is 0 Å². The average molecular weight is 196 g/mol. The maximum Gasteiger partial charge on any atom is 0.279 e. The Hall–Kier alpha value is -0.170. The van der Waals surface area contributed by atoms with Gasteiger partial charge >= 0.3 is 0 Å². The number of rotatable bonds is 6. The Labute approximate surface area is 73.6 Å². The fraction of sp³-hybridized carbons (Fsp3) is 1.00. The summed E-state index contributed by atoms with van der Waals surface area (Å²) in [5.74, 6) is 0. The van der Waals surface area contributed by atoms with E-state index in [2.05, 4.69) is 4.72 Å². The van der Waals surface area contributed by atoms with Crippen molar-refractivity contribution < 1.29 is 13.5 Å². The smallest absolute Gasteiger partial charge is 0.279 e. The molecule has 0 saturated heterocycles. The second-order valence-corrected chi connectivity index (χ2v) is 4.21. The number of aliphatic hydroxyl groups is 1. The molecule has 0 aromatic rings. The lowest BCUT2D eigenvalue weighted by Gasteiger charge is -2.19. The average Bonchev–Trinajstić information content (AvgIpc) is 2.04. The van der Waals surface area contributed by atoms with Crippen molar-refractivity contribution in [2.24, 2.45) is 0 Å². The highest BCUT2D eigenvalue weighted by Gasteiger charge is 2.17. The zero-order valence-corrected chi connectivity index (χ0v) is 8.26. The van der Waals surface area contributed by atoms with E-state index >= 15 is 0 Å². The topological polar surface area (TPSA) is 69.6 Å². The van der Waals surface area contributed by atoms with Crippen LogP contribution in [0.25, 0.3) is 0 Å². The van der Waals surface area contributed by atoms with E-state index in [4.69, 9.17) is 5.11 Å². The first-order valence-electron chi connectivity index (χ1n) is 3.88. The molecule has 0 fully saturated rings. The first kappa shape index (κ1) is 11.8. The van der Waals surface area contributed by atoms with Crippen LogP contribution in [0, 0.1) is 0 Å². The molecule has 0 aliphatic rings. The van der Waals surface area contributed by atoms with Gasteiger partial charge in [0, 0.05) is 20.1 Å². The van der Waals surface area contributed by atoms with Crippen LogP contribution in [0.2, 0.25) is 0 Å². The van der Waals surface area contributed by atoms with Crippen molar-refractivity contribution in [3.8, 4) is 0 Å². The van der Waals surface area contributed by atoms with Crippen molar-refractivity contribution in [3.63, 3.8) is 0 Å². The monoisotopic (exact) mass is 196 g/mol. The molecule has 0 aromatic carbocycles. The van der Waals surface area contributed by atoms with Crippen LogP contribution in [0.1, 0.15) is 13.3 Å². The molecule has 0 unspecified atom stereocenters. The van der Waals surface area contributed by atoms with Crippen molar-refractivity contribution in [2.45, 2.75) is 13.3 Å². The summed E-state index contributed by atoms with van der Waals surface area (Å²) in [5, 5.41) is 8.59. The zero-order chi connectivity index (χ0) is 9.61. The molecule has 0 spiro atoms. The van der Waals surface area contributed by atoms with Crippen molar-refractivity contribution in [3.05, 3.63) is 0 Å². The Kier molecular flexibility index (Phi) is 5.39. The fourth-order valence-electron chi connectivity index (χ4n) is 0.842. The van der Waals surface area contributed by atoms with E-state index in [0.29, 0.717) is 6.54 Å². The van der Waals surface area contributed by atoms with Gasteiger partial charge in [0.1, 0.15) is 0 Å². The summed E-state index contributed by atoms with van der Waals surface area (Å²) in [5.41, 5.74) is 0. The normalized spacial score (nSPS) is 12.3. The second-order valence-electron chi connectivity index (χ2n) is 2.33. The summed E-state index contributed by atoms with van der Waals surface area (Å²) in [4.78, 5) is 0. The molecule has 0 atom stereocenters. The van der Waals surface area contributed by atoms with Crippen LogP contribution < -0.4 is 4.72 Å². The van der Waals surface area contributed by atoms with E-state index in [-0.39, 0.29) is 13.2 Å². The summed E-state index contributed by atoms with van der Waals surface area (Å²) in [7, 11) is -2.00. The molecule has 5 nitrogen and oxygen atoms in total. The molecule has 0 aromatic heterocycles. The Morgan fingerprint density at radius 1 is 1.42 bits per heavy atom. The third kappa shape index (κ3) is 3.48. The number of nitrogens with zero attached hydrogens (tertiary/aromatic N) is 1. The van der Waals surface area contributed by atoms with Crippen LogP contribution >= 0.6 is 0 Å². The molecule has 0 amide bonds. The lowest BCUT2D eigenvalue weighted by Crippen LogP contribution is -2.40. The SMILES string of the molecule is CCCN(CCO)S(=O)(=O)NC. The lowest BCUT2D eigenvalue weighted by atomic mass is 10.5. The third-order valence-electron chi connectivity index (χ3n) is 1.42. The van der Waals surface area contributed by atoms with Gasteiger partial charge < -0.3 is 5.11 Å². The van der Waals surface area contributed by atoms with Crippen molar-refractivity contribution >= 4 is 10.2 Å². The van der Waals surface area contributed by atoms with Crippen LogP contribution in [0.3, 0.4) is 0 Å². The molecular formula is C6H16N2O3S. The zero-order valence-electron chi connectivity index (χ0n) is 7.45. The standard InChI is InChI=1S/C6H16N2O3S/c1-3-4-8(5-6-9)12(10,11)7-2/h7,9H,3-6H2,1-2H3. The van der Waals surface area contributed by atoms with Crippen LogP contribution in [0.5, 0.6) is 0 Å². The molecule has 0 aliphatic heterocycles. The molecule has 0 heterocycles. The molecule has 12 heavy (non-hydrogen) atoms. The molecule has 6 heteroatoms. The van der Waals surface area contributed by atoms with E-state index in [1.54, 1.807) is 0 Å². The lowest BCUT2D eigenvalue weighted by molar-refractivity contribution is 0.252. The van der Waals surface area contributed by atoms with Crippen LogP contribution in [-0.4, -0.2) is 44.6 Å². The third-order valence-corrected chi connectivity index (χ3v) is 2.98. The molecular weight excluding hydrogens is 180 g/mol. The Balaban J connectivity index is 4.28. The number of hydrogen-bond donors (Lipinski definition) is 2. The highest BCUT2D eigenvalue weighted by atomic mass is 32.2.